The normalized spacial score (nSPS) is 14.4. The Hall–Kier alpha value is -2.93. The standard InChI is InChI=1S/C25H23ClFNO4/c26-16-11-15(12-17(27)13-16)24(30)23(29)9-10-28-25(31)32-14-22-20-7-3-1-5-18(20)19-6-2-4-8-21(19)22/h1-8,11-13,22-24,29-30H,9-10,14H2,(H,28,31). The first-order valence-electron chi connectivity index (χ1n) is 10.3. The minimum atomic E-state index is -1.33. The van der Waals surface area contributed by atoms with Gasteiger partial charge < -0.3 is 20.3 Å². The summed E-state index contributed by atoms with van der Waals surface area (Å²) in [6.07, 6.45) is -3.09. The number of benzene rings is 3. The molecule has 0 saturated heterocycles. The van der Waals surface area contributed by atoms with Crippen LogP contribution in [-0.4, -0.2) is 35.6 Å². The third-order valence-electron chi connectivity index (χ3n) is 5.64. The first kappa shape index (κ1) is 22.3. The van der Waals surface area contributed by atoms with E-state index in [9.17, 15) is 19.4 Å². The second kappa shape index (κ2) is 9.69. The number of carbonyl (C=O) groups excluding carboxylic acids is 1. The quantitative estimate of drug-likeness (QED) is 0.478. The summed E-state index contributed by atoms with van der Waals surface area (Å²) in [6.45, 7) is 0.269. The van der Waals surface area contributed by atoms with Gasteiger partial charge in [0.25, 0.3) is 0 Å². The lowest BCUT2D eigenvalue weighted by atomic mass is 9.98. The molecule has 0 radical (unpaired) electrons. The smallest absolute Gasteiger partial charge is 0.407 e. The molecule has 0 spiro atoms. The largest absolute Gasteiger partial charge is 0.449 e. The van der Waals surface area contributed by atoms with E-state index in [1.54, 1.807) is 0 Å². The van der Waals surface area contributed by atoms with E-state index in [0.717, 1.165) is 34.4 Å². The number of hydrogen-bond acceptors (Lipinski definition) is 4. The van der Waals surface area contributed by atoms with E-state index in [1.165, 1.54) is 6.07 Å². The molecule has 0 bridgehead atoms. The van der Waals surface area contributed by atoms with E-state index in [0.29, 0.717) is 0 Å². The average Bonchev–Trinajstić information content (AvgIpc) is 3.10. The lowest BCUT2D eigenvalue weighted by Gasteiger charge is -2.19. The second-order valence-corrected chi connectivity index (χ2v) is 8.19. The van der Waals surface area contributed by atoms with Crippen LogP contribution in [0.15, 0.2) is 66.7 Å². The number of ether oxygens (including phenoxy) is 1. The molecule has 3 aromatic rings. The van der Waals surface area contributed by atoms with Gasteiger partial charge in [-0.3, -0.25) is 0 Å². The van der Waals surface area contributed by atoms with Gasteiger partial charge >= 0.3 is 6.09 Å². The Labute approximate surface area is 190 Å². The lowest BCUT2D eigenvalue weighted by Crippen LogP contribution is -2.30. The Kier molecular flexibility index (Phi) is 6.74. The van der Waals surface area contributed by atoms with Gasteiger partial charge in [-0.15, -0.1) is 0 Å². The molecule has 0 fully saturated rings. The van der Waals surface area contributed by atoms with Crippen molar-refractivity contribution in [3.63, 3.8) is 0 Å². The number of hydrogen-bond donors (Lipinski definition) is 3. The van der Waals surface area contributed by atoms with Crippen molar-refractivity contribution in [2.45, 2.75) is 24.5 Å². The van der Waals surface area contributed by atoms with Crippen molar-refractivity contribution in [2.24, 2.45) is 0 Å². The highest BCUT2D eigenvalue weighted by Gasteiger charge is 2.29. The number of aliphatic hydroxyl groups excluding tert-OH is 2. The topological polar surface area (TPSA) is 78.8 Å². The monoisotopic (exact) mass is 455 g/mol. The van der Waals surface area contributed by atoms with Crippen LogP contribution in [0.5, 0.6) is 0 Å². The fourth-order valence-corrected chi connectivity index (χ4v) is 4.33. The molecular weight excluding hydrogens is 433 g/mol. The zero-order valence-corrected chi connectivity index (χ0v) is 17.9. The van der Waals surface area contributed by atoms with Crippen molar-refractivity contribution in [1.29, 1.82) is 0 Å². The molecule has 1 amide bonds. The van der Waals surface area contributed by atoms with E-state index in [2.05, 4.69) is 17.4 Å². The Morgan fingerprint density at radius 1 is 1.03 bits per heavy atom. The number of aliphatic hydroxyl groups is 2. The van der Waals surface area contributed by atoms with Crippen molar-refractivity contribution >= 4 is 17.7 Å². The molecule has 0 aromatic heterocycles. The molecule has 2 atom stereocenters. The highest BCUT2D eigenvalue weighted by Crippen LogP contribution is 2.44. The van der Waals surface area contributed by atoms with Crippen LogP contribution in [0.4, 0.5) is 9.18 Å². The van der Waals surface area contributed by atoms with Crippen LogP contribution in [0.25, 0.3) is 11.1 Å². The minimum absolute atomic E-state index is 0.0433. The van der Waals surface area contributed by atoms with Crippen LogP contribution in [0.3, 0.4) is 0 Å². The maximum atomic E-state index is 13.5. The SMILES string of the molecule is O=C(NCCC(O)C(O)c1cc(F)cc(Cl)c1)OCC1c2ccccc2-c2ccccc21. The zero-order chi connectivity index (χ0) is 22.7. The number of halogens is 2. The van der Waals surface area contributed by atoms with E-state index in [-0.39, 0.29) is 36.1 Å². The number of fused-ring (bicyclic) bond motifs is 3. The maximum Gasteiger partial charge on any atom is 0.407 e. The van der Waals surface area contributed by atoms with Crippen LogP contribution >= 0.6 is 11.6 Å². The highest BCUT2D eigenvalue weighted by atomic mass is 35.5. The van der Waals surface area contributed by atoms with Crippen molar-refractivity contribution in [1.82, 2.24) is 5.32 Å². The van der Waals surface area contributed by atoms with Gasteiger partial charge in [0.15, 0.2) is 0 Å². The van der Waals surface area contributed by atoms with E-state index < -0.39 is 24.1 Å². The van der Waals surface area contributed by atoms with Gasteiger partial charge in [-0.2, -0.15) is 0 Å². The summed E-state index contributed by atoms with van der Waals surface area (Å²) in [7, 11) is 0. The summed E-state index contributed by atoms with van der Waals surface area (Å²) < 4.78 is 18.9. The third-order valence-corrected chi connectivity index (χ3v) is 5.86. The predicted octanol–water partition coefficient (Wildman–Crippen LogP) is 4.80. The molecule has 4 rings (SSSR count). The summed E-state index contributed by atoms with van der Waals surface area (Å²) in [5.41, 5.74) is 4.70. The van der Waals surface area contributed by atoms with Gasteiger partial charge in [-0.1, -0.05) is 60.1 Å². The van der Waals surface area contributed by atoms with Crippen LogP contribution < -0.4 is 5.32 Å². The van der Waals surface area contributed by atoms with Crippen molar-refractivity contribution in [3.05, 3.63) is 94.3 Å². The number of nitrogens with one attached hydrogen (secondary N) is 1. The summed E-state index contributed by atoms with van der Waals surface area (Å²) in [4.78, 5) is 12.2. The van der Waals surface area contributed by atoms with Gasteiger partial charge in [0.1, 0.15) is 18.5 Å². The molecule has 0 aliphatic heterocycles. The highest BCUT2D eigenvalue weighted by molar-refractivity contribution is 6.30. The Bertz CT molecular complexity index is 1060. The third kappa shape index (κ3) is 4.78. The summed E-state index contributed by atoms with van der Waals surface area (Å²) in [5, 5.41) is 23.1. The summed E-state index contributed by atoms with van der Waals surface area (Å²) >= 11 is 5.79. The lowest BCUT2D eigenvalue weighted by molar-refractivity contribution is 0.0135. The minimum Gasteiger partial charge on any atom is -0.449 e. The second-order valence-electron chi connectivity index (χ2n) is 7.76. The molecule has 7 heteroatoms. The summed E-state index contributed by atoms with van der Waals surface area (Å²) in [6, 6.07) is 19.7. The van der Waals surface area contributed by atoms with Gasteiger partial charge in [-0.25, -0.2) is 9.18 Å². The Balaban J connectivity index is 1.29. The van der Waals surface area contributed by atoms with Gasteiger partial charge in [0.05, 0.1) is 6.10 Å². The van der Waals surface area contributed by atoms with Crippen LogP contribution in [0.1, 0.15) is 35.1 Å². The van der Waals surface area contributed by atoms with Gasteiger partial charge in [0, 0.05) is 17.5 Å². The van der Waals surface area contributed by atoms with E-state index in [4.69, 9.17) is 16.3 Å². The molecule has 2 unspecified atom stereocenters. The first-order valence-corrected chi connectivity index (χ1v) is 10.7. The molecule has 0 saturated carbocycles. The Morgan fingerprint density at radius 3 is 2.28 bits per heavy atom. The number of carbonyl (C=O) groups is 1. The maximum absolute atomic E-state index is 13.5. The average molecular weight is 456 g/mol. The molecule has 32 heavy (non-hydrogen) atoms. The molecule has 3 aromatic carbocycles. The van der Waals surface area contributed by atoms with Crippen molar-refractivity contribution in [2.75, 3.05) is 13.2 Å². The van der Waals surface area contributed by atoms with Crippen LogP contribution in [-0.2, 0) is 4.74 Å². The zero-order valence-electron chi connectivity index (χ0n) is 17.2. The molecule has 5 nitrogen and oxygen atoms in total. The van der Waals surface area contributed by atoms with Gasteiger partial charge in [0.2, 0.25) is 0 Å². The van der Waals surface area contributed by atoms with Crippen LogP contribution in [0.2, 0.25) is 5.02 Å². The number of alkyl carbamates (subject to hydrolysis) is 1. The first-order chi connectivity index (χ1) is 15.4. The van der Waals surface area contributed by atoms with Crippen molar-refractivity contribution in [3.8, 4) is 11.1 Å². The fraction of sp³-hybridized carbons (Fsp3) is 0.240. The predicted molar refractivity (Wildman–Crippen MR) is 120 cm³/mol. The number of rotatable bonds is 7. The molecule has 3 N–H and O–H groups in total. The summed E-state index contributed by atoms with van der Waals surface area (Å²) in [5.74, 6) is -0.645. The number of amides is 1. The molecular formula is C25H23ClFNO4. The molecule has 1 aliphatic carbocycles. The Morgan fingerprint density at radius 2 is 1.66 bits per heavy atom. The van der Waals surface area contributed by atoms with Crippen molar-refractivity contribution < 1.29 is 24.1 Å². The fourth-order valence-electron chi connectivity index (χ4n) is 4.10. The van der Waals surface area contributed by atoms with Crippen LogP contribution in [0, 0.1) is 5.82 Å². The molecule has 1 aliphatic rings. The van der Waals surface area contributed by atoms with E-state index >= 15 is 0 Å². The molecule has 0 heterocycles. The van der Waals surface area contributed by atoms with E-state index in [1.807, 2.05) is 36.4 Å². The molecule has 166 valence electrons. The van der Waals surface area contributed by atoms with Gasteiger partial charge in [-0.05, 0) is 52.4 Å².